The molecular formula is C27H29N5O3. The van der Waals surface area contributed by atoms with E-state index in [1.165, 1.54) is 12.1 Å². The van der Waals surface area contributed by atoms with E-state index in [0.717, 1.165) is 37.2 Å². The van der Waals surface area contributed by atoms with Gasteiger partial charge in [-0.1, -0.05) is 41.9 Å². The maximum Gasteiger partial charge on any atom is 0.230 e. The summed E-state index contributed by atoms with van der Waals surface area (Å²) in [7, 11) is 0. The molecule has 35 heavy (non-hydrogen) atoms. The zero-order valence-electron chi connectivity index (χ0n) is 19.7. The van der Waals surface area contributed by atoms with Crippen molar-refractivity contribution in [2.45, 2.75) is 31.6 Å². The molecule has 0 spiro atoms. The van der Waals surface area contributed by atoms with E-state index in [-0.39, 0.29) is 24.2 Å². The van der Waals surface area contributed by atoms with E-state index in [0.29, 0.717) is 37.3 Å². The molecule has 1 atom stereocenters. The summed E-state index contributed by atoms with van der Waals surface area (Å²) in [5.74, 6) is 1.36. The molecule has 0 bridgehead atoms. The van der Waals surface area contributed by atoms with Gasteiger partial charge in [0.05, 0.1) is 5.92 Å². The zero-order valence-corrected chi connectivity index (χ0v) is 19.7. The van der Waals surface area contributed by atoms with Crippen molar-refractivity contribution >= 4 is 23.2 Å². The van der Waals surface area contributed by atoms with Gasteiger partial charge in [0.15, 0.2) is 0 Å². The number of anilines is 2. The molecule has 8 heteroatoms. The van der Waals surface area contributed by atoms with Crippen LogP contribution in [0.3, 0.4) is 0 Å². The predicted molar refractivity (Wildman–Crippen MR) is 132 cm³/mol. The molecule has 1 aliphatic carbocycles. The molecule has 2 amide bonds. The number of hydrogen-bond donors (Lipinski definition) is 0. The highest BCUT2D eigenvalue weighted by molar-refractivity contribution is 6.00. The molecule has 0 unspecified atom stereocenters. The predicted octanol–water partition coefficient (Wildman–Crippen LogP) is 3.71. The molecule has 3 aromatic rings. The Labute approximate surface area is 204 Å². The van der Waals surface area contributed by atoms with Crippen LogP contribution >= 0.6 is 0 Å². The average molecular weight is 472 g/mol. The van der Waals surface area contributed by atoms with Gasteiger partial charge in [0.1, 0.15) is 0 Å². The van der Waals surface area contributed by atoms with Crippen LogP contribution in [0.15, 0.2) is 59.1 Å². The number of nitrogens with zero attached hydrogens (tertiary/aromatic N) is 5. The van der Waals surface area contributed by atoms with Crippen molar-refractivity contribution < 1.29 is 14.1 Å². The zero-order chi connectivity index (χ0) is 23.8. The minimum Gasteiger partial charge on any atom is -0.368 e. The lowest BCUT2D eigenvalue weighted by Crippen LogP contribution is -2.50. The van der Waals surface area contributed by atoms with Crippen LogP contribution in [0.1, 0.15) is 37.5 Å². The lowest BCUT2D eigenvalue weighted by atomic mass is 9.85. The van der Waals surface area contributed by atoms with E-state index in [1.54, 1.807) is 4.90 Å². The SMILES string of the molecule is O=C([C@@H]1CC(=O)N(c2cccc(-c3noc(C4CCC4)n3)c2)C1)N1CCN(c2ccccc2)CC1. The number of piperazine rings is 1. The topological polar surface area (TPSA) is 82.8 Å². The van der Waals surface area contributed by atoms with Crippen molar-refractivity contribution in [3.63, 3.8) is 0 Å². The van der Waals surface area contributed by atoms with Gasteiger partial charge in [0.2, 0.25) is 23.5 Å². The van der Waals surface area contributed by atoms with Crippen LogP contribution in [0.4, 0.5) is 11.4 Å². The largest absolute Gasteiger partial charge is 0.368 e. The number of carbonyl (C=O) groups is 2. The van der Waals surface area contributed by atoms with Crippen molar-refractivity contribution in [1.82, 2.24) is 15.0 Å². The van der Waals surface area contributed by atoms with Gasteiger partial charge in [-0.15, -0.1) is 0 Å². The number of rotatable bonds is 5. The second kappa shape index (κ2) is 9.17. The molecule has 1 saturated carbocycles. The van der Waals surface area contributed by atoms with Gasteiger partial charge in [0.25, 0.3) is 0 Å². The normalized spacial score (nSPS) is 20.9. The maximum absolute atomic E-state index is 13.3. The molecule has 3 heterocycles. The highest BCUT2D eigenvalue weighted by Gasteiger charge is 2.38. The quantitative estimate of drug-likeness (QED) is 0.564. The van der Waals surface area contributed by atoms with E-state index < -0.39 is 0 Å². The first-order valence-corrected chi connectivity index (χ1v) is 12.5. The first-order valence-electron chi connectivity index (χ1n) is 12.5. The average Bonchev–Trinajstić information content (AvgIpc) is 3.50. The van der Waals surface area contributed by atoms with Crippen LogP contribution in [-0.4, -0.2) is 59.6 Å². The number of hydrogen-bond acceptors (Lipinski definition) is 6. The Balaban J connectivity index is 1.10. The first-order chi connectivity index (χ1) is 17.2. The summed E-state index contributed by atoms with van der Waals surface area (Å²) < 4.78 is 5.47. The third-order valence-electron chi connectivity index (χ3n) is 7.50. The van der Waals surface area contributed by atoms with Gasteiger partial charge >= 0.3 is 0 Å². The molecule has 0 N–H and O–H groups in total. The number of amides is 2. The Morgan fingerprint density at radius 1 is 0.943 bits per heavy atom. The molecule has 180 valence electrons. The fourth-order valence-corrected chi connectivity index (χ4v) is 5.19. The van der Waals surface area contributed by atoms with E-state index in [9.17, 15) is 9.59 Å². The Kier molecular flexibility index (Phi) is 5.72. The van der Waals surface area contributed by atoms with E-state index >= 15 is 0 Å². The minimum atomic E-state index is -0.315. The molecule has 1 aromatic heterocycles. The lowest BCUT2D eigenvalue weighted by molar-refractivity contribution is -0.136. The molecule has 2 aliphatic heterocycles. The third kappa shape index (κ3) is 4.29. The molecule has 2 saturated heterocycles. The highest BCUT2D eigenvalue weighted by Crippen LogP contribution is 2.36. The van der Waals surface area contributed by atoms with Crippen molar-refractivity contribution in [1.29, 1.82) is 0 Å². The van der Waals surface area contributed by atoms with E-state index in [4.69, 9.17) is 4.52 Å². The summed E-state index contributed by atoms with van der Waals surface area (Å²) in [6, 6.07) is 17.9. The van der Waals surface area contributed by atoms with Gasteiger partial charge in [-0.2, -0.15) is 4.98 Å². The van der Waals surface area contributed by atoms with Gasteiger partial charge in [0, 0.05) is 62.0 Å². The third-order valence-corrected chi connectivity index (χ3v) is 7.50. The highest BCUT2D eigenvalue weighted by atomic mass is 16.5. The summed E-state index contributed by atoms with van der Waals surface area (Å²) in [5.41, 5.74) is 2.77. The number of benzene rings is 2. The van der Waals surface area contributed by atoms with Crippen LogP contribution in [-0.2, 0) is 9.59 Å². The molecule has 0 radical (unpaired) electrons. The van der Waals surface area contributed by atoms with Gasteiger partial charge in [-0.3, -0.25) is 9.59 Å². The number of aromatic nitrogens is 2. The monoisotopic (exact) mass is 471 g/mol. The summed E-state index contributed by atoms with van der Waals surface area (Å²) in [5, 5.41) is 4.15. The number of carbonyl (C=O) groups excluding carboxylic acids is 2. The Bertz CT molecular complexity index is 1210. The van der Waals surface area contributed by atoms with Crippen LogP contribution in [0.2, 0.25) is 0 Å². The van der Waals surface area contributed by atoms with Crippen molar-refractivity contribution in [3.8, 4) is 11.4 Å². The molecule has 2 aromatic carbocycles. The van der Waals surface area contributed by atoms with E-state index in [1.807, 2.05) is 47.4 Å². The van der Waals surface area contributed by atoms with Gasteiger partial charge in [-0.05, 0) is 37.1 Å². The molecule has 3 fully saturated rings. The van der Waals surface area contributed by atoms with Crippen LogP contribution < -0.4 is 9.80 Å². The van der Waals surface area contributed by atoms with Crippen molar-refractivity contribution in [2.75, 3.05) is 42.5 Å². The Morgan fingerprint density at radius 2 is 1.71 bits per heavy atom. The summed E-state index contributed by atoms with van der Waals surface area (Å²) >= 11 is 0. The second-order valence-electron chi connectivity index (χ2n) is 9.69. The number of para-hydroxylation sites is 1. The standard InChI is InChI=1S/C27H29N5O3/c33-24-17-21(27(34)31-14-12-30(13-15-31)22-9-2-1-3-10-22)18-32(24)23-11-5-8-20(16-23)25-28-26(35-29-25)19-6-4-7-19/h1-3,5,8-11,16,19,21H,4,6-7,12-15,17-18H2/t21-/m1/s1. The Morgan fingerprint density at radius 3 is 2.46 bits per heavy atom. The maximum atomic E-state index is 13.3. The fourth-order valence-electron chi connectivity index (χ4n) is 5.19. The summed E-state index contributed by atoms with van der Waals surface area (Å²) in [6.07, 6.45) is 3.65. The summed E-state index contributed by atoms with van der Waals surface area (Å²) in [4.78, 5) is 36.7. The van der Waals surface area contributed by atoms with Crippen molar-refractivity contribution in [3.05, 3.63) is 60.5 Å². The van der Waals surface area contributed by atoms with Crippen LogP contribution in [0, 0.1) is 5.92 Å². The van der Waals surface area contributed by atoms with Crippen LogP contribution in [0.25, 0.3) is 11.4 Å². The first kappa shape index (κ1) is 21.8. The van der Waals surface area contributed by atoms with Gasteiger partial charge in [-0.25, -0.2) is 0 Å². The molecule has 6 rings (SSSR count). The van der Waals surface area contributed by atoms with Crippen molar-refractivity contribution in [2.24, 2.45) is 5.92 Å². The fraction of sp³-hybridized carbons (Fsp3) is 0.407. The Hall–Kier alpha value is -3.68. The minimum absolute atomic E-state index is 0.0216. The van der Waals surface area contributed by atoms with E-state index in [2.05, 4.69) is 27.2 Å². The molecular weight excluding hydrogens is 442 g/mol. The smallest absolute Gasteiger partial charge is 0.230 e. The lowest BCUT2D eigenvalue weighted by Gasteiger charge is -2.37. The summed E-state index contributed by atoms with van der Waals surface area (Å²) in [6.45, 7) is 3.36. The molecule has 3 aliphatic rings. The van der Waals surface area contributed by atoms with Crippen LogP contribution in [0.5, 0.6) is 0 Å². The molecule has 8 nitrogen and oxygen atoms in total. The van der Waals surface area contributed by atoms with Gasteiger partial charge < -0.3 is 19.2 Å². The second-order valence-corrected chi connectivity index (χ2v) is 9.69.